The predicted octanol–water partition coefficient (Wildman–Crippen LogP) is 4.20. The number of para-hydroxylation sites is 2. The molecular formula is C25H22N2O5. The van der Waals surface area contributed by atoms with Crippen LogP contribution >= 0.6 is 0 Å². The number of nitrogens with zero attached hydrogens (tertiary/aromatic N) is 2. The number of ketones is 1. The van der Waals surface area contributed by atoms with Crippen LogP contribution in [0.1, 0.15) is 31.1 Å². The molecule has 4 rings (SSSR count). The highest BCUT2D eigenvalue weighted by molar-refractivity contribution is 6.51. The molecule has 2 N–H and O–H groups in total. The standard InChI is InChI=1S/C25H22N2O5/c1-15(2)32-17-12-10-16(11-13-17)23(29)21-22(18-7-5-6-14-26-18)27(25(31)24(21)30)19-8-3-4-9-20(19)28/h3-15,22,28-29H,1-2H3/b23-21-. The Kier molecular flexibility index (Phi) is 5.64. The lowest BCUT2D eigenvalue weighted by molar-refractivity contribution is -0.132. The van der Waals surface area contributed by atoms with Crippen molar-refractivity contribution in [3.63, 3.8) is 0 Å². The van der Waals surface area contributed by atoms with E-state index < -0.39 is 17.7 Å². The first-order valence-corrected chi connectivity index (χ1v) is 10.2. The number of amides is 1. The van der Waals surface area contributed by atoms with Gasteiger partial charge in [0.25, 0.3) is 11.7 Å². The van der Waals surface area contributed by atoms with Crippen LogP contribution in [0.2, 0.25) is 0 Å². The molecule has 0 aliphatic carbocycles. The van der Waals surface area contributed by atoms with Crippen molar-refractivity contribution in [2.75, 3.05) is 4.90 Å². The third-order valence-corrected chi connectivity index (χ3v) is 5.05. The molecule has 1 aromatic heterocycles. The summed E-state index contributed by atoms with van der Waals surface area (Å²) in [6.07, 6.45) is 1.53. The van der Waals surface area contributed by atoms with E-state index in [0.717, 1.165) is 0 Å². The van der Waals surface area contributed by atoms with E-state index in [-0.39, 0.29) is 28.9 Å². The number of aromatic nitrogens is 1. The fourth-order valence-corrected chi connectivity index (χ4v) is 3.69. The van der Waals surface area contributed by atoms with Crippen molar-refractivity contribution in [2.24, 2.45) is 0 Å². The van der Waals surface area contributed by atoms with Crippen LogP contribution in [0.3, 0.4) is 0 Å². The highest BCUT2D eigenvalue weighted by atomic mass is 16.5. The minimum Gasteiger partial charge on any atom is -0.507 e. The molecule has 0 saturated carbocycles. The molecule has 1 aliphatic rings. The van der Waals surface area contributed by atoms with Gasteiger partial charge in [-0.1, -0.05) is 18.2 Å². The molecule has 1 amide bonds. The van der Waals surface area contributed by atoms with Crippen molar-refractivity contribution in [1.82, 2.24) is 4.98 Å². The van der Waals surface area contributed by atoms with Crippen molar-refractivity contribution in [1.29, 1.82) is 0 Å². The second kappa shape index (κ2) is 8.55. The fraction of sp³-hybridized carbons (Fsp3) is 0.160. The summed E-state index contributed by atoms with van der Waals surface area (Å²) in [4.78, 5) is 31.6. The number of phenols is 1. The van der Waals surface area contributed by atoms with Gasteiger partial charge in [-0.15, -0.1) is 0 Å². The number of ether oxygens (including phenoxy) is 1. The van der Waals surface area contributed by atoms with E-state index in [2.05, 4.69) is 4.98 Å². The first-order valence-electron chi connectivity index (χ1n) is 10.2. The summed E-state index contributed by atoms with van der Waals surface area (Å²) < 4.78 is 5.63. The number of hydrogen-bond donors (Lipinski definition) is 2. The topological polar surface area (TPSA) is 100.0 Å². The van der Waals surface area contributed by atoms with Gasteiger partial charge in [0.1, 0.15) is 23.3 Å². The molecule has 1 saturated heterocycles. The average molecular weight is 430 g/mol. The third kappa shape index (κ3) is 3.80. The van der Waals surface area contributed by atoms with E-state index in [4.69, 9.17) is 4.74 Å². The maximum Gasteiger partial charge on any atom is 0.300 e. The first kappa shape index (κ1) is 21.1. The number of carbonyl (C=O) groups is 2. The van der Waals surface area contributed by atoms with Gasteiger partial charge in [0.15, 0.2) is 0 Å². The Morgan fingerprint density at radius 2 is 1.69 bits per heavy atom. The Hall–Kier alpha value is -4.13. The number of aromatic hydroxyl groups is 1. The maximum atomic E-state index is 13.1. The smallest absolute Gasteiger partial charge is 0.300 e. The van der Waals surface area contributed by atoms with Crippen molar-refractivity contribution in [2.45, 2.75) is 26.0 Å². The van der Waals surface area contributed by atoms with Crippen molar-refractivity contribution in [3.8, 4) is 11.5 Å². The SMILES string of the molecule is CC(C)Oc1ccc(/C(O)=C2/C(=O)C(=O)N(c3ccccc3O)C2c2ccccn2)cc1. The Balaban J connectivity index is 1.87. The minimum atomic E-state index is -1.00. The van der Waals surface area contributed by atoms with E-state index in [1.54, 1.807) is 60.8 Å². The minimum absolute atomic E-state index is 0.0116. The predicted molar refractivity (Wildman–Crippen MR) is 119 cm³/mol. The molecule has 0 spiro atoms. The lowest BCUT2D eigenvalue weighted by atomic mass is 9.98. The Labute approximate surface area is 185 Å². The fourth-order valence-electron chi connectivity index (χ4n) is 3.69. The second-order valence-electron chi connectivity index (χ2n) is 7.60. The zero-order chi connectivity index (χ0) is 22.8. The van der Waals surface area contributed by atoms with Crippen LogP contribution in [-0.4, -0.2) is 33.0 Å². The van der Waals surface area contributed by atoms with Gasteiger partial charge in [-0.2, -0.15) is 0 Å². The summed E-state index contributed by atoms with van der Waals surface area (Å²) in [6.45, 7) is 3.81. The Morgan fingerprint density at radius 3 is 2.31 bits per heavy atom. The van der Waals surface area contributed by atoms with Crippen LogP contribution in [0, 0.1) is 0 Å². The number of phenolic OH excluding ortho intramolecular Hbond substituents is 1. The molecule has 1 aliphatic heterocycles. The molecule has 2 aromatic carbocycles. The monoisotopic (exact) mass is 430 g/mol. The highest BCUT2D eigenvalue weighted by Crippen LogP contribution is 2.44. The first-order chi connectivity index (χ1) is 15.4. The van der Waals surface area contributed by atoms with Gasteiger partial charge in [-0.05, 0) is 62.4 Å². The molecule has 0 radical (unpaired) electrons. The van der Waals surface area contributed by atoms with Crippen LogP contribution in [0.15, 0.2) is 78.5 Å². The molecule has 1 unspecified atom stereocenters. The molecule has 3 aromatic rings. The highest BCUT2D eigenvalue weighted by Gasteiger charge is 2.48. The molecule has 32 heavy (non-hydrogen) atoms. The van der Waals surface area contributed by atoms with E-state index in [0.29, 0.717) is 17.0 Å². The largest absolute Gasteiger partial charge is 0.507 e. The summed E-state index contributed by atoms with van der Waals surface area (Å²) in [6, 6.07) is 16.9. The quantitative estimate of drug-likeness (QED) is 0.358. The summed E-state index contributed by atoms with van der Waals surface area (Å²) in [5.41, 5.74) is 0.799. The van der Waals surface area contributed by atoms with E-state index in [1.165, 1.54) is 17.0 Å². The number of rotatable bonds is 5. The van der Waals surface area contributed by atoms with Gasteiger partial charge in [-0.3, -0.25) is 19.5 Å². The number of anilines is 1. The number of carbonyl (C=O) groups excluding carboxylic acids is 2. The molecule has 7 nitrogen and oxygen atoms in total. The van der Waals surface area contributed by atoms with Crippen molar-refractivity contribution >= 4 is 23.1 Å². The van der Waals surface area contributed by atoms with Crippen LogP contribution in [0.4, 0.5) is 5.69 Å². The van der Waals surface area contributed by atoms with Crippen LogP contribution < -0.4 is 9.64 Å². The number of hydrogen-bond acceptors (Lipinski definition) is 6. The van der Waals surface area contributed by atoms with E-state index in [9.17, 15) is 19.8 Å². The number of aliphatic hydroxyl groups is 1. The third-order valence-electron chi connectivity index (χ3n) is 5.05. The molecule has 1 fully saturated rings. The summed E-state index contributed by atoms with van der Waals surface area (Å²) in [5, 5.41) is 21.5. The van der Waals surface area contributed by atoms with Crippen LogP contribution in [0.25, 0.3) is 5.76 Å². The normalized spacial score (nSPS) is 17.7. The number of benzene rings is 2. The molecule has 7 heteroatoms. The van der Waals surface area contributed by atoms with E-state index >= 15 is 0 Å². The number of pyridine rings is 1. The van der Waals surface area contributed by atoms with Gasteiger partial charge in [0.2, 0.25) is 0 Å². The van der Waals surface area contributed by atoms with E-state index in [1.807, 2.05) is 13.8 Å². The van der Waals surface area contributed by atoms with Crippen molar-refractivity contribution < 1.29 is 24.5 Å². The number of aliphatic hydroxyl groups excluding tert-OH is 1. The van der Waals surface area contributed by atoms with Crippen molar-refractivity contribution in [3.05, 3.63) is 89.8 Å². The summed E-state index contributed by atoms with van der Waals surface area (Å²) in [7, 11) is 0. The summed E-state index contributed by atoms with van der Waals surface area (Å²) >= 11 is 0. The van der Waals surface area contributed by atoms with Crippen LogP contribution in [0.5, 0.6) is 11.5 Å². The molecular weight excluding hydrogens is 408 g/mol. The Bertz CT molecular complexity index is 1190. The van der Waals surface area contributed by atoms with Gasteiger partial charge in [0, 0.05) is 11.8 Å². The summed E-state index contributed by atoms with van der Waals surface area (Å²) in [5.74, 6) is -1.58. The molecule has 0 bridgehead atoms. The molecule has 1 atom stereocenters. The average Bonchev–Trinajstić information content (AvgIpc) is 3.05. The van der Waals surface area contributed by atoms with Gasteiger partial charge in [-0.25, -0.2) is 0 Å². The molecule has 162 valence electrons. The zero-order valence-corrected chi connectivity index (χ0v) is 17.6. The maximum absolute atomic E-state index is 13.1. The van der Waals surface area contributed by atoms with Gasteiger partial charge < -0.3 is 14.9 Å². The van der Waals surface area contributed by atoms with Crippen LogP contribution in [-0.2, 0) is 9.59 Å². The Morgan fingerprint density at radius 1 is 1.00 bits per heavy atom. The number of Topliss-reactive ketones (excluding diaryl/α,β-unsaturated/α-hetero) is 1. The lowest BCUT2D eigenvalue weighted by Crippen LogP contribution is -2.29. The molecule has 2 heterocycles. The van der Waals surface area contributed by atoms with Gasteiger partial charge >= 0.3 is 0 Å². The van der Waals surface area contributed by atoms with Gasteiger partial charge in [0.05, 0.1) is 23.1 Å². The lowest BCUT2D eigenvalue weighted by Gasteiger charge is -2.25. The second-order valence-corrected chi connectivity index (χ2v) is 7.60. The zero-order valence-electron chi connectivity index (χ0n) is 17.6.